The SMILES string of the molecule is O=C(c1ccc(Cl)c(Cl)c1)C1CCN(C(=O)c2ccn(-c3ccccc3F)n2)CC1. The number of carbonyl (C=O) groups is 2. The summed E-state index contributed by atoms with van der Waals surface area (Å²) in [5.41, 5.74) is 1.05. The second-order valence-electron chi connectivity index (χ2n) is 7.16. The lowest BCUT2D eigenvalue weighted by Gasteiger charge is -2.31. The number of piperidine rings is 1. The number of hydrogen-bond donors (Lipinski definition) is 0. The van der Waals surface area contributed by atoms with E-state index in [0.29, 0.717) is 41.5 Å². The molecule has 1 aliphatic rings. The molecule has 4 rings (SSSR count). The predicted octanol–water partition coefficient (Wildman–Crippen LogP) is 5.05. The first-order valence-electron chi connectivity index (χ1n) is 9.53. The number of nitrogens with zero attached hydrogens (tertiary/aromatic N) is 3. The van der Waals surface area contributed by atoms with Crippen molar-refractivity contribution < 1.29 is 14.0 Å². The van der Waals surface area contributed by atoms with Crippen molar-refractivity contribution in [3.8, 4) is 5.69 Å². The first-order chi connectivity index (χ1) is 14.4. The summed E-state index contributed by atoms with van der Waals surface area (Å²) in [5, 5.41) is 4.98. The highest BCUT2D eigenvalue weighted by Gasteiger charge is 2.29. The van der Waals surface area contributed by atoms with Gasteiger partial charge in [-0.2, -0.15) is 5.10 Å². The summed E-state index contributed by atoms with van der Waals surface area (Å²) in [6.07, 6.45) is 2.67. The van der Waals surface area contributed by atoms with Crippen LogP contribution < -0.4 is 0 Å². The van der Waals surface area contributed by atoms with Crippen molar-refractivity contribution in [2.75, 3.05) is 13.1 Å². The summed E-state index contributed by atoms with van der Waals surface area (Å²) in [4.78, 5) is 27.2. The number of hydrogen-bond acceptors (Lipinski definition) is 3. The van der Waals surface area contributed by atoms with Crippen LogP contribution >= 0.6 is 23.2 Å². The van der Waals surface area contributed by atoms with E-state index in [4.69, 9.17) is 23.2 Å². The molecule has 1 aromatic heterocycles. The van der Waals surface area contributed by atoms with E-state index >= 15 is 0 Å². The van der Waals surface area contributed by atoms with Gasteiger partial charge in [0, 0.05) is 30.8 Å². The Hall–Kier alpha value is -2.70. The summed E-state index contributed by atoms with van der Waals surface area (Å²) in [7, 11) is 0. The molecule has 1 amide bonds. The fraction of sp³-hybridized carbons (Fsp3) is 0.227. The number of aromatic nitrogens is 2. The lowest BCUT2D eigenvalue weighted by Crippen LogP contribution is -2.40. The van der Waals surface area contributed by atoms with Crippen molar-refractivity contribution in [1.29, 1.82) is 0 Å². The molecule has 0 bridgehead atoms. The van der Waals surface area contributed by atoms with E-state index in [1.165, 1.54) is 10.7 Å². The molecular formula is C22H18Cl2FN3O2. The minimum absolute atomic E-state index is 0.00416. The number of para-hydroxylation sites is 1. The van der Waals surface area contributed by atoms with Crippen molar-refractivity contribution in [3.63, 3.8) is 0 Å². The molecule has 154 valence electrons. The van der Waals surface area contributed by atoms with E-state index in [-0.39, 0.29) is 29.0 Å². The van der Waals surface area contributed by atoms with Crippen molar-refractivity contribution in [2.24, 2.45) is 5.92 Å². The standard InChI is InChI=1S/C22H18Cl2FN3O2/c23-16-6-5-15(13-17(16)24)21(29)14-7-10-27(11-8-14)22(30)19-9-12-28(26-19)20-4-2-1-3-18(20)25/h1-6,9,12-14H,7-8,10-11H2. The zero-order valence-corrected chi connectivity index (χ0v) is 17.4. The smallest absolute Gasteiger partial charge is 0.274 e. The summed E-state index contributed by atoms with van der Waals surface area (Å²) in [6.45, 7) is 0.895. The highest BCUT2D eigenvalue weighted by atomic mass is 35.5. The van der Waals surface area contributed by atoms with Gasteiger partial charge in [-0.1, -0.05) is 35.3 Å². The van der Waals surface area contributed by atoms with Crippen LogP contribution in [0.3, 0.4) is 0 Å². The lowest BCUT2D eigenvalue weighted by molar-refractivity contribution is 0.0645. The van der Waals surface area contributed by atoms with Gasteiger partial charge in [0.1, 0.15) is 11.5 Å². The van der Waals surface area contributed by atoms with E-state index in [1.807, 2.05) is 0 Å². The van der Waals surface area contributed by atoms with Crippen LogP contribution in [-0.4, -0.2) is 39.5 Å². The van der Waals surface area contributed by atoms with Crippen LogP contribution in [0, 0.1) is 11.7 Å². The molecule has 0 saturated carbocycles. The van der Waals surface area contributed by atoms with Gasteiger partial charge in [0.05, 0.1) is 10.0 Å². The third-order valence-electron chi connectivity index (χ3n) is 5.26. The van der Waals surface area contributed by atoms with Crippen molar-refractivity contribution in [2.45, 2.75) is 12.8 Å². The first-order valence-corrected chi connectivity index (χ1v) is 10.3. The molecular weight excluding hydrogens is 428 g/mol. The monoisotopic (exact) mass is 445 g/mol. The van der Waals surface area contributed by atoms with Crippen molar-refractivity contribution in [3.05, 3.63) is 81.8 Å². The van der Waals surface area contributed by atoms with Gasteiger partial charge in [-0.15, -0.1) is 0 Å². The molecule has 0 unspecified atom stereocenters. The summed E-state index contributed by atoms with van der Waals surface area (Å²) >= 11 is 11.9. The van der Waals surface area contributed by atoms with Gasteiger partial charge in [0.15, 0.2) is 11.5 Å². The van der Waals surface area contributed by atoms with Crippen LogP contribution in [0.4, 0.5) is 4.39 Å². The zero-order chi connectivity index (χ0) is 21.3. The summed E-state index contributed by atoms with van der Waals surface area (Å²) in [5.74, 6) is -0.821. The maximum absolute atomic E-state index is 13.9. The Morgan fingerprint density at radius 1 is 1.00 bits per heavy atom. The van der Waals surface area contributed by atoms with Crippen LogP contribution in [0.15, 0.2) is 54.7 Å². The van der Waals surface area contributed by atoms with Gasteiger partial charge in [0.2, 0.25) is 0 Å². The van der Waals surface area contributed by atoms with E-state index in [9.17, 15) is 14.0 Å². The molecule has 2 heterocycles. The molecule has 3 aromatic rings. The molecule has 1 saturated heterocycles. The average molecular weight is 446 g/mol. The molecule has 5 nitrogen and oxygen atoms in total. The topological polar surface area (TPSA) is 55.2 Å². The second-order valence-corrected chi connectivity index (χ2v) is 7.97. The fourth-order valence-corrected chi connectivity index (χ4v) is 3.90. The van der Waals surface area contributed by atoms with E-state index in [0.717, 1.165) is 0 Å². The van der Waals surface area contributed by atoms with E-state index in [1.54, 1.807) is 53.6 Å². The summed E-state index contributed by atoms with van der Waals surface area (Å²) in [6, 6.07) is 12.7. The predicted molar refractivity (Wildman–Crippen MR) is 113 cm³/mol. The highest BCUT2D eigenvalue weighted by Crippen LogP contribution is 2.27. The van der Waals surface area contributed by atoms with Gasteiger partial charge in [-0.05, 0) is 49.2 Å². The minimum Gasteiger partial charge on any atom is -0.337 e. The number of halogens is 3. The number of rotatable bonds is 4. The van der Waals surface area contributed by atoms with Crippen molar-refractivity contribution in [1.82, 2.24) is 14.7 Å². The first kappa shape index (κ1) is 20.6. The maximum atomic E-state index is 13.9. The largest absolute Gasteiger partial charge is 0.337 e. The highest BCUT2D eigenvalue weighted by molar-refractivity contribution is 6.42. The molecule has 1 fully saturated rings. The van der Waals surface area contributed by atoms with E-state index < -0.39 is 5.82 Å². The van der Waals surface area contributed by atoms with Crippen LogP contribution in [0.1, 0.15) is 33.7 Å². The fourth-order valence-electron chi connectivity index (χ4n) is 3.60. The van der Waals surface area contributed by atoms with Gasteiger partial charge in [-0.3, -0.25) is 9.59 Å². The quantitative estimate of drug-likeness (QED) is 0.527. The summed E-state index contributed by atoms with van der Waals surface area (Å²) < 4.78 is 15.3. The Labute approximate surface area is 183 Å². The Balaban J connectivity index is 1.40. The van der Waals surface area contributed by atoms with Crippen LogP contribution in [0.25, 0.3) is 5.69 Å². The normalized spacial score (nSPS) is 14.7. The zero-order valence-electron chi connectivity index (χ0n) is 15.9. The van der Waals surface area contributed by atoms with Crippen LogP contribution in [0.5, 0.6) is 0 Å². The van der Waals surface area contributed by atoms with Gasteiger partial charge in [-0.25, -0.2) is 9.07 Å². The minimum atomic E-state index is -0.416. The third kappa shape index (κ3) is 4.11. The average Bonchev–Trinajstić information content (AvgIpc) is 3.25. The number of carbonyl (C=O) groups excluding carboxylic acids is 2. The second kappa shape index (κ2) is 8.58. The Morgan fingerprint density at radius 3 is 2.43 bits per heavy atom. The molecule has 0 aliphatic carbocycles. The Morgan fingerprint density at radius 2 is 1.73 bits per heavy atom. The van der Waals surface area contributed by atoms with Crippen molar-refractivity contribution >= 4 is 34.9 Å². The number of likely N-dealkylation sites (tertiary alicyclic amines) is 1. The molecule has 30 heavy (non-hydrogen) atoms. The van der Waals surface area contributed by atoms with E-state index in [2.05, 4.69) is 5.10 Å². The molecule has 0 atom stereocenters. The molecule has 2 aromatic carbocycles. The van der Waals surface area contributed by atoms with Gasteiger partial charge >= 0.3 is 0 Å². The number of benzene rings is 2. The molecule has 0 N–H and O–H groups in total. The maximum Gasteiger partial charge on any atom is 0.274 e. The van der Waals surface area contributed by atoms with Gasteiger partial charge in [0.25, 0.3) is 5.91 Å². The van der Waals surface area contributed by atoms with Crippen LogP contribution in [0.2, 0.25) is 10.0 Å². The third-order valence-corrected chi connectivity index (χ3v) is 6.00. The van der Waals surface area contributed by atoms with Crippen LogP contribution in [-0.2, 0) is 0 Å². The molecule has 0 radical (unpaired) electrons. The van der Waals surface area contributed by atoms with Gasteiger partial charge < -0.3 is 4.90 Å². The Kier molecular flexibility index (Phi) is 5.88. The lowest BCUT2D eigenvalue weighted by atomic mass is 9.89. The number of ketones is 1. The molecule has 1 aliphatic heterocycles. The molecule has 8 heteroatoms. The Bertz CT molecular complexity index is 1110. The number of amides is 1. The number of Topliss-reactive ketones (excluding diaryl/α,β-unsaturated/α-hetero) is 1. The molecule has 0 spiro atoms.